The number of rotatable bonds is 5. The molecule has 1 unspecified atom stereocenters. The first-order valence-electron chi connectivity index (χ1n) is 5.94. The maximum atomic E-state index is 12.0. The molecule has 5 heteroatoms. The standard InChI is InChI=1S/C13H21N3O2/c1-9(6-7-16(2)3)15-13(18)11-8-10(17)4-5-12(11)14/h4-5,8-9,17H,6-7,14H2,1-3H3,(H,15,18). The zero-order valence-electron chi connectivity index (χ0n) is 11.1. The zero-order valence-corrected chi connectivity index (χ0v) is 11.1. The molecule has 0 heterocycles. The number of amides is 1. The zero-order chi connectivity index (χ0) is 13.7. The summed E-state index contributed by atoms with van der Waals surface area (Å²) in [6.07, 6.45) is 0.859. The summed E-state index contributed by atoms with van der Waals surface area (Å²) in [7, 11) is 3.98. The van der Waals surface area contributed by atoms with Gasteiger partial charge >= 0.3 is 0 Å². The highest BCUT2D eigenvalue weighted by Gasteiger charge is 2.13. The Labute approximate surface area is 108 Å². The van der Waals surface area contributed by atoms with Crippen molar-refractivity contribution in [3.8, 4) is 5.75 Å². The van der Waals surface area contributed by atoms with Gasteiger partial charge in [-0.2, -0.15) is 0 Å². The molecule has 1 rings (SSSR count). The van der Waals surface area contributed by atoms with Crippen molar-refractivity contribution in [1.29, 1.82) is 0 Å². The van der Waals surface area contributed by atoms with Crippen molar-refractivity contribution < 1.29 is 9.90 Å². The highest BCUT2D eigenvalue weighted by molar-refractivity contribution is 5.99. The molecule has 18 heavy (non-hydrogen) atoms. The topological polar surface area (TPSA) is 78.6 Å². The highest BCUT2D eigenvalue weighted by atomic mass is 16.3. The third-order valence-corrected chi connectivity index (χ3v) is 2.67. The van der Waals surface area contributed by atoms with Crippen LogP contribution in [0.15, 0.2) is 18.2 Å². The van der Waals surface area contributed by atoms with E-state index in [2.05, 4.69) is 10.2 Å². The van der Waals surface area contributed by atoms with Crippen LogP contribution in [-0.4, -0.2) is 42.6 Å². The number of aromatic hydroxyl groups is 1. The Morgan fingerprint density at radius 3 is 2.78 bits per heavy atom. The molecule has 4 N–H and O–H groups in total. The number of hydrogen-bond donors (Lipinski definition) is 3. The van der Waals surface area contributed by atoms with E-state index in [4.69, 9.17) is 5.73 Å². The van der Waals surface area contributed by atoms with E-state index in [9.17, 15) is 9.90 Å². The van der Waals surface area contributed by atoms with Crippen molar-refractivity contribution in [2.24, 2.45) is 0 Å². The quantitative estimate of drug-likeness (QED) is 0.540. The van der Waals surface area contributed by atoms with E-state index < -0.39 is 0 Å². The third kappa shape index (κ3) is 4.25. The average molecular weight is 251 g/mol. The summed E-state index contributed by atoms with van der Waals surface area (Å²) in [6, 6.07) is 4.42. The Balaban J connectivity index is 2.62. The van der Waals surface area contributed by atoms with Crippen molar-refractivity contribution in [1.82, 2.24) is 10.2 Å². The summed E-state index contributed by atoms with van der Waals surface area (Å²) in [5.41, 5.74) is 6.39. The van der Waals surface area contributed by atoms with Crippen LogP contribution in [0.2, 0.25) is 0 Å². The largest absolute Gasteiger partial charge is 0.508 e. The predicted molar refractivity (Wildman–Crippen MR) is 72.6 cm³/mol. The maximum Gasteiger partial charge on any atom is 0.253 e. The van der Waals surface area contributed by atoms with Gasteiger partial charge < -0.3 is 21.1 Å². The summed E-state index contributed by atoms with van der Waals surface area (Å²) in [5, 5.41) is 12.2. The molecule has 1 aromatic carbocycles. The number of nitrogens with zero attached hydrogens (tertiary/aromatic N) is 1. The number of phenolic OH excluding ortho intramolecular Hbond substituents is 1. The van der Waals surface area contributed by atoms with Gasteiger partial charge in [-0.05, 0) is 52.2 Å². The Bertz CT molecular complexity index is 419. The molecule has 100 valence electrons. The minimum atomic E-state index is -0.255. The summed E-state index contributed by atoms with van der Waals surface area (Å²) in [6.45, 7) is 2.84. The molecule has 5 nitrogen and oxygen atoms in total. The number of hydrogen-bond acceptors (Lipinski definition) is 4. The number of nitrogen functional groups attached to an aromatic ring is 1. The number of carbonyl (C=O) groups excluding carboxylic acids is 1. The molecule has 0 saturated carbocycles. The van der Waals surface area contributed by atoms with Crippen LogP contribution in [0.1, 0.15) is 23.7 Å². The lowest BCUT2D eigenvalue weighted by Gasteiger charge is -2.17. The van der Waals surface area contributed by atoms with Crippen molar-refractivity contribution in [3.63, 3.8) is 0 Å². The van der Waals surface area contributed by atoms with Gasteiger partial charge in [-0.25, -0.2) is 0 Å². The van der Waals surface area contributed by atoms with Crippen molar-refractivity contribution >= 4 is 11.6 Å². The van der Waals surface area contributed by atoms with Crippen LogP contribution in [0.4, 0.5) is 5.69 Å². The summed E-state index contributed by atoms with van der Waals surface area (Å²) in [4.78, 5) is 14.0. The van der Waals surface area contributed by atoms with Gasteiger partial charge in [-0.1, -0.05) is 0 Å². The lowest BCUT2D eigenvalue weighted by atomic mass is 10.1. The lowest BCUT2D eigenvalue weighted by molar-refractivity contribution is 0.0937. The number of phenols is 1. The minimum absolute atomic E-state index is 0.0373. The van der Waals surface area contributed by atoms with Gasteiger partial charge in [0.2, 0.25) is 0 Å². The van der Waals surface area contributed by atoms with Crippen molar-refractivity contribution in [2.75, 3.05) is 26.4 Å². The first kappa shape index (κ1) is 14.3. The van der Waals surface area contributed by atoms with Crippen LogP contribution in [0, 0.1) is 0 Å². The van der Waals surface area contributed by atoms with Crippen molar-refractivity contribution in [3.05, 3.63) is 23.8 Å². The number of benzene rings is 1. The smallest absolute Gasteiger partial charge is 0.253 e. The number of carbonyl (C=O) groups is 1. The molecule has 0 aliphatic heterocycles. The van der Waals surface area contributed by atoms with Crippen LogP contribution in [0.5, 0.6) is 5.75 Å². The normalized spacial score (nSPS) is 12.4. The van der Waals surface area contributed by atoms with E-state index in [1.165, 1.54) is 18.2 Å². The Hall–Kier alpha value is -1.75. The molecule has 1 aromatic rings. The second-order valence-corrected chi connectivity index (χ2v) is 4.74. The van der Waals surface area contributed by atoms with Gasteiger partial charge in [-0.15, -0.1) is 0 Å². The van der Waals surface area contributed by atoms with Gasteiger partial charge in [-0.3, -0.25) is 4.79 Å². The first-order valence-corrected chi connectivity index (χ1v) is 5.94. The molecule has 0 aliphatic carbocycles. The minimum Gasteiger partial charge on any atom is -0.508 e. The molecular formula is C13H21N3O2. The fourth-order valence-electron chi connectivity index (χ4n) is 1.57. The second-order valence-electron chi connectivity index (χ2n) is 4.74. The van der Waals surface area contributed by atoms with E-state index >= 15 is 0 Å². The van der Waals surface area contributed by atoms with Gasteiger partial charge in [0.1, 0.15) is 5.75 Å². The molecule has 0 saturated heterocycles. The van der Waals surface area contributed by atoms with E-state index in [1.54, 1.807) is 0 Å². The summed E-state index contributed by atoms with van der Waals surface area (Å²) >= 11 is 0. The molecule has 1 atom stereocenters. The van der Waals surface area contributed by atoms with Crippen LogP contribution >= 0.6 is 0 Å². The van der Waals surface area contributed by atoms with E-state index in [0.717, 1.165) is 13.0 Å². The molecule has 0 aromatic heterocycles. The summed E-state index contributed by atoms with van der Waals surface area (Å²) < 4.78 is 0. The summed E-state index contributed by atoms with van der Waals surface area (Å²) in [5.74, 6) is -0.218. The predicted octanol–water partition coefficient (Wildman–Crippen LogP) is 1.04. The Morgan fingerprint density at radius 1 is 1.50 bits per heavy atom. The number of anilines is 1. The fourth-order valence-corrected chi connectivity index (χ4v) is 1.57. The highest BCUT2D eigenvalue weighted by Crippen LogP contribution is 2.18. The Kier molecular flexibility index (Phi) is 4.97. The van der Waals surface area contributed by atoms with Crippen LogP contribution in [0.25, 0.3) is 0 Å². The van der Waals surface area contributed by atoms with E-state index in [1.807, 2.05) is 21.0 Å². The number of nitrogens with two attached hydrogens (primary N) is 1. The molecular weight excluding hydrogens is 230 g/mol. The van der Waals surface area contributed by atoms with E-state index in [-0.39, 0.29) is 17.7 Å². The second kappa shape index (κ2) is 6.26. The lowest BCUT2D eigenvalue weighted by Crippen LogP contribution is -2.35. The molecule has 0 aliphatic rings. The van der Waals surface area contributed by atoms with Gasteiger partial charge in [0.15, 0.2) is 0 Å². The molecule has 0 bridgehead atoms. The number of nitrogens with one attached hydrogen (secondary N) is 1. The Morgan fingerprint density at radius 2 is 2.17 bits per heavy atom. The molecule has 1 amide bonds. The van der Waals surface area contributed by atoms with Gasteiger partial charge in [0.05, 0.1) is 5.56 Å². The van der Waals surface area contributed by atoms with Gasteiger partial charge in [0, 0.05) is 11.7 Å². The van der Waals surface area contributed by atoms with Crippen LogP contribution in [0.3, 0.4) is 0 Å². The first-order chi connectivity index (χ1) is 8.40. The monoisotopic (exact) mass is 251 g/mol. The van der Waals surface area contributed by atoms with E-state index in [0.29, 0.717) is 11.3 Å². The molecule has 0 fully saturated rings. The molecule has 0 spiro atoms. The fraction of sp³-hybridized carbons (Fsp3) is 0.462. The average Bonchev–Trinajstić information content (AvgIpc) is 2.29. The van der Waals surface area contributed by atoms with Crippen LogP contribution in [-0.2, 0) is 0 Å². The SMILES string of the molecule is CC(CCN(C)C)NC(=O)c1cc(O)ccc1N. The van der Waals surface area contributed by atoms with Crippen molar-refractivity contribution in [2.45, 2.75) is 19.4 Å². The maximum absolute atomic E-state index is 12.0. The third-order valence-electron chi connectivity index (χ3n) is 2.67. The van der Waals surface area contributed by atoms with Gasteiger partial charge in [0.25, 0.3) is 5.91 Å². The van der Waals surface area contributed by atoms with Crippen LogP contribution < -0.4 is 11.1 Å². The molecule has 0 radical (unpaired) electrons.